The minimum atomic E-state index is 0.112. The highest BCUT2D eigenvalue weighted by Gasteiger charge is 2.18. The zero-order valence-electron chi connectivity index (χ0n) is 15.5. The van der Waals surface area contributed by atoms with Crippen molar-refractivity contribution in [3.8, 4) is 22.2 Å². The normalized spacial score (nSPS) is 14.6. The molecule has 0 aliphatic carbocycles. The molecule has 0 saturated carbocycles. The number of aryl methyl sites for hydroxylation is 1. The number of hydrogen-bond donors (Lipinski definition) is 0. The lowest BCUT2D eigenvalue weighted by Gasteiger charge is -2.26. The van der Waals surface area contributed by atoms with Crippen molar-refractivity contribution >= 4 is 28.3 Å². The Labute approximate surface area is 169 Å². The SMILES string of the molecule is O=C(CCn1nnc2cc(-c3noc(-c4cccs4)n3)ccc21)N1CCOCC1. The summed E-state index contributed by atoms with van der Waals surface area (Å²) in [4.78, 5) is 19.6. The number of carbonyl (C=O) groups is 1. The molecular formula is C19H18N6O3S. The molecule has 1 aromatic carbocycles. The smallest absolute Gasteiger partial charge is 0.268 e. The molecule has 1 aliphatic heterocycles. The summed E-state index contributed by atoms with van der Waals surface area (Å²) >= 11 is 1.55. The van der Waals surface area contributed by atoms with Crippen molar-refractivity contribution in [2.75, 3.05) is 26.3 Å². The van der Waals surface area contributed by atoms with E-state index in [1.165, 1.54) is 0 Å². The van der Waals surface area contributed by atoms with Gasteiger partial charge in [0.1, 0.15) is 5.52 Å². The topological polar surface area (TPSA) is 99.2 Å². The van der Waals surface area contributed by atoms with Crippen LogP contribution in [0.4, 0.5) is 0 Å². The van der Waals surface area contributed by atoms with Crippen LogP contribution in [-0.4, -0.2) is 62.2 Å². The van der Waals surface area contributed by atoms with Gasteiger partial charge in [-0.25, -0.2) is 4.68 Å². The first kappa shape index (κ1) is 18.0. The number of carbonyl (C=O) groups excluding carboxylic acids is 1. The van der Waals surface area contributed by atoms with Gasteiger partial charge in [-0.2, -0.15) is 4.98 Å². The van der Waals surface area contributed by atoms with Gasteiger partial charge in [-0.3, -0.25) is 4.79 Å². The molecule has 9 nitrogen and oxygen atoms in total. The van der Waals surface area contributed by atoms with Gasteiger partial charge < -0.3 is 14.2 Å². The third kappa shape index (κ3) is 3.64. The van der Waals surface area contributed by atoms with Gasteiger partial charge in [0.15, 0.2) is 0 Å². The van der Waals surface area contributed by atoms with Crippen LogP contribution in [0.1, 0.15) is 6.42 Å². The van der Waals surface area contributed by atoms with Crippen molar-refractivity contribution in [3.05, 3.63) is 35.7 Å². The molecule has 4 heterocycles. The first-order valence-corrected chi connectivity index (χ1v) is 10.2. The highest BCUT2D eigenvalue weighted by atomic mass is 32.1. The second-order valence-electron chi connectivity index (χ2n) is 6.66. The average molecular weight is 410 g/mol. The number of rotatable bonds is 5. The van der Waals surface area contributed by atoms with Crippen LogP contribution < -0.4 is 0 Å². The Bertz CT molecular complexity index is 1130. The van der Waals surface area contributed by atoms with E-state index in [0.29, 0.717) is 51.0 Å². The van der Waals surface area contributed by atoms with Gasteiger partial charge in [0, 0.05) is 25.1 Å². The van der Waals surface area contributed by atoms with E-state index in [2.05, 4.69) is 20.5 Å². The maximum absolute atomic E-state index is 12.4. The molecule has 1 saturated heterocycles. The highest BCUT2D eigenvalue weighted by molar-refractivity contribution is 7.13. The largest absolute Gasteiger partial charge is 0.378 e. The van der Waals surface area contributed by atoms with Gasteiger partial charge in [0.05, 0.1) is 30.2 Å². The van der Waals surface area contributed by atoms with Crippen LogP contribution in [0.15, 0.2) is 40.2 Å². The van der Waals surface area contributed by atoms with Gasteiger partial charge in [0.2, 0.25) is 11.7 Å². The maximum atomic E-state index is 12.4. The monoisotopic (exact) mass is 410 g/mol. The van der Waals surface area contributed by atoms with Crippen LogP contribution in [0, 0.1) is 0 Å². The first-order valence-electron chi connectivity index (χ1n) is 9.35. The Balaban J connectivity index is 1.31. The summed E-state index contributed by atoms with van der Waals surface area (Å²) in [6.45, 7) is 2.99. The third-order valence-corrected chi connectivity index (χ3v) is 5.69. The number of aromatic nitrogens is 5. The minimum Gasteiger partial charge on any atom is -0.378 e. The van der Waals surface area contributed by atoms with Crippen molar-refractivity contribution in [3.63, 3.8) is 0 Å². The molecule has 0 atom stereocenters. The summed E-state index contributed by atoms with van der Waals surface area (Å²) in [6, 6.07) is 9.60. The van der Waals surface area contributed by atoms with E-state index < -0.39 is 0 Å². The van der Waals surface area contributed by atoms with Crippen molar-refractivity contribution in [2.45, 2.75) is 13.0 Å². The molecule has 4 aromatic rings. The van der Waals surface area contributed by atoms with Gasteiger partial charge >= 0.3 is 0 Å². The van der Waals surface area contributed by atoms with Crippen molar-refractivity contribution in [1.82, 2.24) is 30.0 Å². The predicted octanol–water partition coefficient (Wildman–Crippen LogP) is 2.46. The van der Waals surface area contributed by atoms with Crippen molar-refractivity contribution in [2.24, 2.45) is 0 Å². The van der Waals surface area contributed by atoms with Gasteiger partial charge in [-0.1, -0.05) is 16.4 Å². The number of hydrogen-bond acceptors (Lipinski definition) is 8. The summed E-state index contributed by atoms with van der Waals surface area (Å²) in [7, 11) is 0. The maximum Gasteiger partial charge on any atom is 0.268 e. The van der Waals surface area contributed by atoms with Crippen LogP contribution in [0.5, 0.6) is 0 Å². The molecule has 0 radical (unpaired) electrons. The van der Waals surface area contributed by atoms with E-state index in [4.69, 9.17) is 9.26 Å². The molecule has 148 valence electrons. The molecule has 29 heavy (non-hydrogen) atoms. The second kappa shape index (κ2) is 7.72. The molecule has 1 amide bonds. The fourth-order valence-electron chi connectivity index (χ4n) is 3.29. The molecular weight excluding hydrogens is 392 g/mol. The lowest BCUT2D eigenvalue weighted by atomic mass is 10.2. The Morgan fingerprint density at radius 2 is 2.10 bits per heavy atom. The molecule has 0 unspecified atom stereocenters. The van der Waals surface area contributed by atoms with E-state index in [1.807, 2.05) is 40.6 Å². The zero-order chi connectivity index (χ0) is 19.6. The van der Waals surface area contributed by atoms with E-state index in [-0.39, 0.29) is 5.91 Å². The summed E-state index contributed by atoms with van der Waals surface area (Å²) in [6.07, 6.45) is 0.384. The predicted molar refractivity (Wildman–Crippen MR) is 106 cm³/mol. The second-order valence-corrected chi connectivity index (χ2v) is 7.61. The first-order chi connectivity index (χ1) is 14.3. The Morgan fingerprint density at radius 1 is 1.21 bits per heavy atom. The molecule has 10 heteroatoms. The number of ether oxygens (including phenoxy) is 1. The summed E-state index contributed by atoms with van der Waals surface area (Å²) in [5.41, 5.74) is 2.40. The van der Waals surface area contributed by atoms with E-state index in [9.17, 15) is 4.79 Å². The lowest BCUT2D eigenvalue weighted by Crippen LogP contribution is -2.41. The highest BCUT2D eigenvalue weighted by Crippen LogP contribution is 2.27. The van der Waals surface area contributed by atoms with Gasteiger partial charge in [0.25, 0.3) is 5.89 Å². The summed E-state index contributed by atoms with van der Waals surface area (Å²) in [5, 5.41) is 14.5. The van der Waals surface area contributed by atoms with Crippen LogP contribution in [0.3, 0.4) is 0 Å². The molecule has 0 spiro atoms. The van der Waals surface area contributed by atoms with Gasteiger partial charge in [-0.05, 0) is 29.6 Å². The minimum absolute atomic E-state index is 0.112. The van der Waals surface area contributed by atoms with E-state index in [1.54, 1.807) is 16.0 Å². The van der Waals surface area contributed by atoms with Crippen molar-refractivity contribution in [1.29, 1.82) is 0 Å². The molecule has 3 aromatic heterocycles. The summed E-state index contributed by atoms with van der Waals surface area (Å²) < 4.78 is 12.4. The number of nitrogens with zero attached hydrogens (tertiary/aromatic N) is 6. The van der Waals surface area contributed by atoms with Crippen LogP contribution in [-0.2, 0) is 16.1 Å². The molecule has 5 rings (SSSR count). The Morgan fingerprint density at radius 3 is 2.93 bits per heavy atom. The lowest BCUT2D eigenvalue weighted by molar-refractivity contribution is -0.135. The Kier molecular flexibility index (Phi) is 4.78. The standard InChI is InChI=1S/C19H18N6O3S/c26-17(24-7-9-27-10-8-24)5-6-25-15-4-3-13(12-14(15)21-23-25)18-20-19(28-22-18)16-2-1-11-29-16/h1-4,11-12H,5-10H2. The summed E-state index contributed by atoms with van der Waals surface area (Å²) in [5.74, 6) is 1.12. The van der Waals surface area contributed by atoms with Crippen LogP contribution in [0.25, 0.3) is 33.2 Å². The van der Waals surface area contributed by atoms with Crippen LogP contribution >= 0.6 is 11.3 Å². The number of benzene rings is 1. The van der Waals surface area contributed by atoms with Gasteiger partial charge in [-0.15, -0.1) is 16.4 Å². The van der Waals surface area contributed by atoms with E-state index >= 15 is 0 Å². The number of thiophene rings is 1. The molecule has 1 aliphatic rings. The molecule has 0 bridgehead atoms. The van der Waals surface area contributed by atoms with Crippen molar-refractivity contribution < 1.29 is 14.1 Å². The fourth-order valence-corrected chi connectivity index (χ4v) is 3.93. The molecule has 0 N–H and O–H groups in total. The number of amides is 1. The number of morpholine rings is 1. The number of fused-ring (bicyclic) bond motifs is 1. The zero-order valence-corrected chi connectivity index (χ0v) is 16.3. The fraction of sp³-hybridized carbons (Fsp3) is 0.316. The molecule has 1 fully saturated rings. The Hall–Kier alpha value is -3.11. The van der Waals surface area contributed by atoms with Crippen LogP contribution in [0.2, 0.25) is 0 Å². The average Bonchev–Trinajstić information content (AvgIpc) is 3.52. The third-order valence-electron chi connectivity index (χ3n) is 4.83. The quantitative estimate of drug-likeness (QED) is 0.498. The van der Waals surface area contributed by atoms with E-state index in [0.717, 1.165) is 21.5 Å².